The highest BCUT2D eigenvalue weighted by Crippen LogP contribution is 2.76. The molecule has 10 heteroatoms. The summed E-state index contributed by atoms with van der Waals surface area (Å²) in [5.74, 6) is 0.00633. The molecule has 1 heterocycles. The summed E-state index contributed by atoms with van der Waals surface area (Å²) in [6.45, 7) is 21.5. The maximum absolute atomic E-state index is 14.0. The lowest BCUT2D eigenvalue weighted by Crippen LogP contribution is -2.67. The number of hydrogen-bond donors (Lipinski definition) is 3. The maximum Gasteiger partial charge on any atom is 0.315 e. The number of rotatable bonds is 7. The molecule has 3 N–H and O–H groups in total. The van der Waals surface area contributed by atoms with Gasteiger partial charge in [-0.25, -0.2) is 4.79 Å². The summed E-state index contributed by atoms with van der Waals surface area (Å²) in [7, 11) is 2.13. The number of carbonyl (C=O) groups is 4. The largest absolute Gasteiger partial charge is 0.481 e. The standard InChI is InChI=1S/C42H67N3O6.ClH/c1-25(2)33-28(46)23-42(44-36(50)43-26-15-21-45(10)22-16-26)20-19-40(8)27(34(33)42)11-12-30-39(7)17-14-31(51-32(47)24-37(3,4)35(48)49)38(5,6)29(39)13-18-41(30,40)9;/h25-27,29-31H,11-24H2,1-10H3,(H,48,49)(H2,43,44,50);1H/t27?,29?,30?,31-,39-,40+,41+,42+;/m0./s1. The first-order valence-electron chi connectivity index (χ1n) is 20.1. The van der Waals surface area contributed by atoms with Crippen molar-refractivity contribution in [1.82, 2.24) is 15.5 Å². The van der Waals surface area contributed by atoms with Gasteiger partial charge in [-0.15, -0.1) is 12.4 Å². The number of carbonyl (C=O) groups excluding carboxylic acids is 3. The van der Waals surface area contributed by atoms with Crippen LogP contribution in [0.3, 0.4) is 0 Å². The zero-order chi connectivity index (χ0) is 37.5. The van der Waals surface area contributed by atoms with Crippen molar-refractivity contribution in [3.8, 4) is 0 Å². The molecule has 6 rings (SSSR count). The molecule has 0 aromatic carbocycles. The molecule has 0 aromatic rings. The lowest BCUT2D eigenvalue weighted by atomic mass is 9.33. The van der Waals surface area contributed by atoms with Crippen LogP contribution in [-0.2, 0) is 19.1 Å². The summed E-state index contributed by atoms with van der Waals surface area (Å²) in [6.07, 6.45) is 9.63. The number of hydrogen-bond acceptors (Lipinski definition) is 6. The summed E-state index contributed by atoms with van der Waals surface area (Å²) in [4.78, 5) is 54.8. The third-order valence-corrected chi connectivity index (χ3v) is 16.2. The fourth-order valence-electron chi connectivity index (χ4n) is 13.2. The Morgan fingerprint density at radius 1 is 0.904 bits per heavy atom. The highest BCUT2D eigenvalue weighted by Gasteiger charge is 2.70. The van der Waals surface area contributed by atoms with Gasteiger partial charge in [0.15, 0.2) is 5.78 Å². The molecule has 0 aromatic heterocycles. The van der Waals surface area contributed by atoms with Gasteiger partial charge in [-0.2, -0.15) is 0 Å². The average Bonchev–Trinajstić information content (AvgIpc) is 3.31. The molecule has 294 valence electrons. The van der Waals surface area contributed by atoms with Crippen molar-refractivity contribution in [2.75, 3.05) is 20.1 Å². The summed E-state index contributed by atoms with van der Waals surface area (Å²) < 4.78 is 6.16. The summed E-state index contributed by atoms with van der Waals surface area (Å²) in [5, 5.41) is 16.4. The van der Waals surface area contributed by atoms with Crippen molar-refractivity contribution < 1.29 is 29.0 Å². The summed E-state index contributed by atoms with van der Waals surface area (Å²) in [5.41, 5.74) is 0.306. The molecule has 4 saturated carbocycles. The van der Waals surface area contributed by atoms with Gasteiger partial charge in [0.05, 0.1) is 17.4 Å². The molecule has 5 fully saturated rings. The van der Waals surface area contributed by atoms with Gasteiger partial charge in [-0.3, -0.25) is 14.4 Å². The molecule has 9 nitrogen and oxygen atoms in total. The number of halogens is 1. The van der Waals surface area contributed by atoms with Gasteiger partial charge < -0.3 is 25.4 Å². The summed E-state index contributed by atoms with van der Waals surface area (Å²) >= 11 is 0. The Kier molecular flexibility index (Phi) is 10.9. The number of aliphatic carboxylic acids is 1. The number of nitrogens with zero attached hydrogens (tertiary/aromatic N) is 1. The van der Waals surface area contributed by atoms with Crippen LogP contribution < -0.4 is 10.6 Å². The van der Waals surface area contributed by atoms with E-state index in [9.17, 15) is 24.3 Å². The number of carboxylic acids is 1. The number of carboxylic acid groups (broad SMARTS) is 1. The minimum atomic E-state index is -1.16. The van der Waals surface area contributed by atoms with Crippen molar-refractivity contribution in [3.05, 3.63) is 11.1 Å². The molecule has 52 heavy (non-hydrogen) atoms. The number of ether oxygens (including phenoxy) is 1. The van der Waals surface area contributed by atoms with E-state index in [0.717, 1.165) is 82.9 Å². The van der Waals surface area contributed by atoms with Crippen molar-refractivity contribution in [2.45, 2.75) is 157 Å². The third-order valence-electron chi connectivity index (χ3n) is 16.2. The van der Waals surface area contributed by atoms with E-state index in [1.54, 1.807) is 13.8 Å². The van der Waals surface area contributed by atoms with E-state index in [4.69, 9.17) is 4.74 Å². The monoisotopic (exact) mass is 745 g/mol. The molecule has 5 aliphatic carbocycles. The molecule has 6 aliphatic rings. The van der Waals surface area contributed by atoms with E-state index in [-0.39, 0.29) is 76.3 Å². The van der Waals surface area contributed by atoms with Crippen LogP contribution in [0.5, 0.6) is 0 Å². The molecular weight excluding hydrogens is 678 g/mol. The van der Waals surface area contributed by atoms with E-state index in [2.05, 4.69) is 71.0 Å². The van der Waals surface area contributed by atoms with Crippen LogP contribution in [0, 0.1) is 50.7 Å². The number of piperidine rings is 1. The third kappa shape index (κ3) is 6.43. The van der Waals surface area contributed by atoms with Gasteiger partial charge in [0.1, 0.15) is 6.10 Å². The van der Waals surface area contributed by atoms with Crippen LogP contribution in [0.1, 0.15) is 139 Å². The second kappa shape index (κ2) is 13.9. The molecular formula is C42H68ClN3O6. The van der Waals surface area contributed by atoms with Crippen LogP contribution >= 0.6 is 12.4 Å². The maximum atomic E-state index is 14.0. The van der Waals surface area contributed by atoms with Gasteiger partial charge >= 0.3 is 18.0 Å². The van der Waals surface area contributed by atoms with Crippen LogP contribution in [0.4, 0.5) is 4.79 Å². The van der Waals surface area contributed by atoms with Crippen LogP contribution in [-0.4, -0.2) is 71.6 Å². The number of esters is 1. The lowest BCUT2D eigenvalue weighted by molar-refractivity contribution is -0.232. The first-order chi connectivity index (χ1) is 23.6. The molecule has 1 aliphatic heterocycles. The van der Waals surface area contributed by atoms with E-state index in [1.807, 2.05) is 0 Å². The highest BCUT2D eigenvalue weighted by atomic mass is 35.5. The van der Waals surface area contributed by atoms with Crippen molar-refractivity contribution in [2.24, 2.45) is 50.7 Å². The molecule has 0 radical (unpaired) electrons. The van der Waals surface area contributed by atoms with E-state index in [0.29, 0.717) is 18.3 Å². The van der Waals surface area contributed by atoms with Crippen LogP contribution in [0.15, 0.2) is 11.1 Å². The highest BCUT2D eigenvalue weighted by molar-refractivity contribution is 6.02. The van der Waals surface area contributed by atoms with E-state index in [1.165, 1.54) is 5.57 Å². The Bertz CT molecular complexity index is 1480. The number of nitrogens with one attached hydrogen (secondary N) is 2. The first kappa shape index (κ1) is 41.0. The van der Waals surface area contributed by atoms with Gasteiger partial charge in [0.2, 0.25) is 0 Å². The van der Waals surface area contributed by atoms with E-state index < -0.39 is 22.9 Å². The number of fused-ring (bicyclic) bond motifs is 7. The van der Waals surface area contributed by atoms with Gasteiger partial charge in [-0.1, -0.05) is 48.5 Å². The fourth-order valence-corrected chi connectivity index (χ4v) is 13.2. The zero-order valence-electron chi connectivity index (χ0n) is 33.7. The van der Waals surface area contributed by atoms with Gasteiger partial charge in [0.25, 0.3) is 0 Å². The van der Waals surface area contributed by atoms with Gasteiger partial charge in [-0.05, 0) is 149 Å². The number of ketones is 1. The lowest BCUT2D eigenvalue weighted by Gasteiger charge is -2.72. The van der Waals surface area contributed by atoms with Crippen LogP contribution in [0.2, 0.25) is 0 Å². The minimum Gasteiger partial charge on any atom is -0.481 e. The van der Waals surface area contributed by atoms with Crippen molar-refractivity contribution >= 4 is 36.2 Å². The SMILES string of the molecule is CC(C)C1=C2C3CCC4[C@@]5(C)CC[C@H](OC(=O)CC(C)(C)C(=O)O)C(C)(C)C5CC[C@@]4(C)[C@]3(C)CC[C@@]2(NC(=O)NC2CCN(C)CC2)CC1=O.Cl. The molecule has 2 amide bonds. The van der Waals surface area contributed by atoms with Crippen LogP contribution in [0.25, 0.3) is 0 Å². The Morgan fingerprint density at radius 2 is 1.56 bits per heavy atom. The smallest absolute Gasteiger partial charge is 0.315 e. The number of amides is 2. The number of allylic oxidation sites excluding steroid dienone is 1. The molecule has 0 bridgehead atoms. The Balaban J connectivity index is 0.00000523. The Morgan fingerprint density at radius 3 is 2.17 bits per heavy atom. The number of urea groups is 1. The number of likely N-dealkylation sites (tertiary alicyclic amines) is 1. The molecule has 8 atom stereocenters. The predicted molar refractivity (Wildman–Crippen MR) is 205 cm³/mol. The zero-order valence-corrected chi connectivity index (χ0v) is 34.5. The Hall–Kier alpha value is -2.13. The van der Waals surface area contributed by atoms with E-state index >= 15 is 0 Å². The molecule has 0 spiro atoms. The second-order valence-electron chi connectivity index (χ2n) is 20.2. The average molecular weight is 746 g/mol. The topological polar surface area (TPSA) is 125 Å². The molecule has 3 unspecified atom stereocenters. The Labute approximate surface area is 319 Å². The van der Waals surface area contributed by atoms with Gasteiger partial charge in [0, 0.05) is 17.9 Å². The fraction of sp³-hybridized carbons (Fsp3) is 0.857. The predicted octanol–water partition coefficient (Wildman–Crippen LogP) is 7.95. The quantitative estimate of drug-likeness (QED) is 0.226. The molecule has 1 saturated heterocycles. The second-order valence-corrected chi connectivity index (χ2v) is 20.2. The van der Waals surface area contributed by atoms with Crippen molar-refractivity contribution in [3.63, 3.8) is 0 Å². The van der Waals surface area contributed by atoms with Crippen molar-refractivity contribution in [1.29, 1.82) is 0 Å². The summed E-state index contributed by atoms with van der Waals surface area (Å²) in [6, 6.07) is 0.0351. The first-order valence-corrected chi connectivity index (χ1v) is 20.1. The minimum absolute atomic E-state index is 0. The number of Topliss-reactive ketones (excluding diaryl/α,β-unsaturated/α-hetero) is 1. The normalized spacial score (nSPS) is 39.0.